The van der Waals surface area contributed by atoms with Gasteiger partial charge in [-0.15, -0.1) is 0 Å². The summed E-state index contributed by atoms with van der Waals surface area (Å²) in [5.41, 5.74) is 3.21. The van der Waals surface area contributed by atoms with Gasteiger partial charge in [0.15, 0.2) is 12.4 Å². The second-order valence-electron chi connectivity index (χ2n) is 8.15. The van der Waals surface area contributed by atoms with E-state index in [4.69, 9.17) is 9.26 Å². The molecule has 0 saturated carbocycles. The maximum absolute atomic E-state index is 13.0. The van der Waals surface area contributed by atoms with Crippen LogP contribution in [0, 0.1) is 20.8 Å². The molecule has 4 rings (SSSR count). The van der Waals surface area contributed by atoms with Gasteiger partial charge < -0.3 is 14.2 Å². The Morgan fingerprint density at radius 3 is 2.74 bits per heavy atom. The molecule has 31 heavy (non-hydrogen) atoms. The maximum Gasteiger partial charge on any atom is 0.264 e. The number of piperidine rings is 1. The number of aromatic nitrogens is 4. The number of hydrogen-bond donors (Lipinski definition) is 0. The lowest BCUT2D eigenvalue weighted by Gasteiger charge is -2.33. The first-order valence-electron chi connectivity index (χ1n) is 10.8. The smallest absolute Gasteiger partial charge is 0.264 e. The van der Waals surface area contributed by atoms with Crippen molar-refractivity contribution in [3.05, 3.63) is 59.0 Å². The van der Waals surface area contributed by atoms with E-state index in [2.05, 4.69) is 15.2 Å². The molecule has 2 aromatic heterocycles. The first kappa shape index (κ1) is 21.1. The van der Waals surface area contributed by atoms with Gasteiger partial charge in [0.2, 0.25) is 5.91 Å². The molecular formula is C23H29N5O3. The Kier molecular flexibility index (Phi) is 6.34. The summed E-state index contributed by atoms with van der Waals surface area (Å²) < 4.78 is 13.0. The van der Waals surface area contributed by atoms with Crippen molar-refractivity contribution in [2.45, 2.75) is 65.6 Å². The molecule has 1 aromatic carbocycles. The Morgan fingerprint density at radius 1 is 1.19 bits per heavy atom. The fraction of sp³-hybridized carbons (Fsp3) is 0.478. The van der Waals surface area contributed by atoms with Crippen molar-refractivity contribution in [2.24, 2.45) is 0 Å². The standard InChI is InChI=1S/C23H29N5O3/c1-16-7-9-19(10-8-16)30-15-21-24-23(26-31-21)20-6-4-5-12-27(20)22(29)11-13-28-18(3)14-17(2)25-28/h7-10,14,20H,4-6,11-13,15H2,1-3H3. The van der Waals surface area contributed by atoms with E-state index < -0.39 is 0 Å². The van der Waals surface area contributed by atoms with Crippen molar-refractivity contribution < 1.29 is 14.1 Å². The van der Waals surface area contributed by atoms with Crippen LogP contribution in [0.5, 0.6) is 5.75 Å². The summed E-state index contributed by atoms with van der Waals surface area (Å²) in [6, 6.07) is 9.68. The van der Waals surface area contributed by atoms with Crippen LogP contribution in [0.25, 0.3) is 0 Å². The van der Waals surface area contributed by atoms with Gasteiger partial charge >= 0.3 is 0 Å². The number of benzene rings is 1. The highest BCUT2D eigenvalue weighted by atomic mass is 16.5. The summed E-state index contributed by atoms with van der Waals surface area (Å²) in [6.07, 6.45) is 3.27. The summed E-state index contributed by atoms with van der Waals surface area (Å²) in [7, 11) is 0. The van der Waals surface area contributed by atoms with Gasteiger partial charge in [0.05, 0.1) is 11.7 Å². The van der Waals surface area contributed by atoms with Crippen molar-refractivity contribution in [1.29, 1.82) is 0 Å². The van der Waals surface area contributed by atoms with Crippen molar-refractivity contribution >= 4 is 5.91 Å². The number of likely N-dealkylation sites (tertiary alicyclic amines) is 1. The fourth-order valence-electron chi connectivity index (χ4n) is 3.99. The summed E-state index contributed by atoms with van der Waals surface area (Å²) in [5.74, 6) is 1.82. The predicted molar refractivity (Wildman–Crippen MR) is 114 cm³/mol. The molecule has 8 nitrogen and oxygen atoms in total. The Balaban J connectivity index is 1.38. The number of hydrogen-bond acceptors (Lipinski definition) is 6. The highest BCUT2D eigenvalue weighted by Crippen LogP contribution is 2.30. The van der Waals surface area contributed by atoms with Gasteiger partial charge in [-0.2, -0.15) is 10.1 Å². The highest BCUT2D eigenvalue weighted by Gasteiger charge is 2.31. The molecule has 3 aromatic rings. The second kappa shape index (κ2) is 9.32. The van der Waals surface area contributed by atoms with Gasteiger partial charge in [-0.1, -0.05) is 22.9 Å². The van der Waals surface area contributed by atoms with Crippen molar-refractivity contribution in [1.82, 2.24) is 24.8 Å². The van der Waals surface area contributed by atoms with Gasteiger partial charge in [-0.25, -0.2) is 0 Å². The van der Waals surface area contributed by atoms with Gasteiger partial charge in [0.25, 0.3) is 5.89 Å². The van der Waals surface area contributed by atoms with E-state index in [0.717, 1.165) is 36.4 Å². The van der Waals surface area contributed by atoms with E-state index in [1.807, 2.05) is 60.7 Å². The monoisotopic (exact) mass is 423 g/mol. The number of carbonyl (C=O) groups excluding carboxylic acids is 1. The minimum atomic E-state index is -0.154. The lowest BCUT2D eigenvalue weighted by molar-refractivity contribution is -0.135. The highest BCUT2D eigenvalue weighted by molar-refractivity contribution is 5.76. The Morgan fingerprint density at radius 2 is 2.00 bits per heavy atom. The normalized spacial score (nSPS) is 16.5. The molecule has 1 unspecified atom stereocenters. The van der Waals surface area contributed by atoms with E-state index >= 15 is 0 Å². The molecule has 1 atom stereocenters. The van der Waals surface area contributed by atoms with E-state index in [-0.39, 0.29) is 18.6 Å². The minimum absolute atomic E-state index is 0.0968. The van der Waals surface area contributed by atoms with Crippen LogP contribution >= 0.6 is 0 Å². The molecule has 0 spiro atoms. The van der Waals surface area contributed by atoms with Crippen LogP contribution in [0.2, 0.25) is 0 Å². The van der Waals surface area contributed by atoms with Crippen molar-refractivity contribution in [3.63, 3.8) is 0 Å². The van der Waals surface area contributed by atoms with Crippen LogP contribution in [0.15, 0.2) is 34.9 Å². The van der Waals surface area contributed by atoms with Crippen LogP contribution in [0.3, 0.4) is 0 Å². The van der Waals surface area contributed by atoms with Crippen LogP contribution < -0.4 is 4.74 Å². The van der Waals surface area contributed by atoms with Gasteiger partial charge in [0, 0.05) is 25.2 Å². The molecule has 0 radical (unpaired) electrons. The fourth-order valence-corrected chi connectivity index (χ4v) is 3.99. The van der Waals surface area contributed by atoms with Crippen molar-refractivity contribution in [2.75, 3.05) is 6.54 Å². The molecule has 0 N–H and O–H groups in total. The zero-order valence-corrected chi connectivity index (χ0v) is 18.4. The maximum atomic E-state index is 13.0. The van der Waals surface area contributed by atoms with Crippen molar-refractivity contribution in [3.8, 4) is 5.75 Å². The number of nitrogens with zero attached hydrogens (tertiary/aromatic N) is 5. The molecule has 164 valence electrons. The molecule has 1 amide bonds. The number of aryl methyl sites for hydroxylation is 4. The average molecular weight is 424 g/mol. The third-order valence-electron chi connectivity index (χ3n) is 5.63. The van der Waals surface area contributed by atoms with Crippen LogP contribution in [0.4, 0.5) is 0 Å². The Hall–Kier alpha value is -3.16. The third kappa shape index (κ3) is 5.13. The number of ether oxygens (including phenoxy) is 1. The average Bonchev–Trinajstić information content (AvgIpc) is 3.37. The SMILES string of the molecule is Cc1ccc(OCc2nc(C3CCCCN3C(=O)CCn3nc(C)cc3C)no2)cc1. The summed E-state index contributed by atoms with van der Waals surface area (Å²) in [4.78, 5) is 19.4. The zero-order chi connectivity index (χ0) is 21.8. The van der Waals surface area contributed by atoms with E-state index in [1.54, 1.807) is 0 Å². The minimum Gasteiger partial charge on any atom is -0.484 e. The molecule has 1 saturated heterocycles. The Labute approximate surface area is 182 Å². The molecule has 8 heteroatoms. The summed E-state index contributed by atoms with van der Waals surface area (Å²) in [6.45, 7) is 7.49. The molecule has 1 aliphatic rings. The van der Waals surface area contributed by atoms with E-state index in [9.17, 15) is 4.79 Å². The molecule has 1 aliphatic heterocycles. The zero-order valence-electron chi connectivity index (χ0n) is 18.4. The molecule has 0 bridgehead atoms. The lowest BCUT2D eigenvalue weighted by atomic mass is 10.0. The first-order chi connectivity index (χ1) is 15.0. The van der Waals surface area contributed by atoms with Gasteiger partial charge in [-0.3, -0.25) is 9.48 Å². The van der Waals surface area contributed by atoms with Gasteiger partial charge in [-0.05, 0) is 58.2 Å². The second-order valence-corrected chi connectivity index (χ2v) is 8.15. The number of carbonyl (C=O) groups is 1. The van der Waals surface area contributed by atoms with E-state index in [0.29, 0.717) is 31.2 Å². The molecule has 1 fully saturated rings. The van der Waals surface area contributed by atoms with Crippen LogP contribution in [-0.4, -0.2) is 37.3 Å². The summed E-state index contributed by atoms with van der Waals surface area (Å²) in [5, 5.41) is 8.61. The number of rotatable bonds is 7. The number of amides is 1. The predicted octanol–water partition coefficient (Wildman–Crippen LogP) is 3.91. The quantitative estimate of drug-likeness (QED) is 0.573. The topological polar surface area (TPSA) is 86.3 Å². The third-order valence-corrected chi connectivity index (χ3v) is 5.63. The molecule has 0 aliphatic carbocycles. The first-order valence-corrected chi connectivity index (χ1v) is 10.8. The van der Waals surface area contributed by atoms with E-state index in [1.165, 1.54) is 5.56 Å². The largest absolute Gasteiger partial charge is 0.484 e. The molecular weight excluding hydrogens is 394 g/mol. The van der Waals surface area contributed by atoms with Crippen LogP contribution in [-0.2, 0) is 17.9 Å². The summed E-state index contributed by atoms with van der Waals surface area (Å²) >= 11 is 0. The Bertz CT molecular complexity index is 1020. The lowest BCUT2D eigenvalue weighted by Crippen LogP contribution is -2.39. The molecule has 3 heterocycles. The van der Waals surface area contributed by atoms with Gasteiger partial charge in [0.1, 0.15) is 5.75 Å². The van der Waals surface area contributed by atoms with Crippen LogP contribution in [0.1, 0.15) is 60.4 Å².